The van der Waals surface area contributed by atoms with Gasteiger partial charge in [0, 0.05) is 51.2 Å². The summed E-state index contributed by atoms with van der Waals surface area (Å²) in [7, 11) is 1.83. The lowest BCUT2D eigenvalue weighted by atomic mass is 9.75. The second-order valence-corrected chi connectivity index (χ2v) is 7.25. The van der Waals surface area contributed by atoms with Crippen LogP contribution < -0.4 is 4.90 Å². The minimum Gasteiger partial charge on any atom is -0.341 e. The maximum absolute atomic E-state index is 13.1. The Morgan fingerprint density at radius 2 is 2.12 bits per heavy atom. The van der Waals surface area contributed by atoms with E-state index in [1.54, 1.807) is 11.1 Å². The van der Waals surface area contributed by atoms with Crippen LogP contribution in [0.3, 0.4) is 0 Å². The number of para-hydroxylation sites is 1. The minimum atomic E-state index is -0.568. The number of aryl methyl sites for hydroxylation is 1. The summed E-state index contributed by atoms with van der Waals surface area (Å²) < 4.78 is 1.84. The molecule has 0 radical (unpaired) electrons. The molecule has 0 bridgehead atoms. The second-order valence-electron chi connectivity index (χ2n) is 7.25. The van der Waals surface area contributed by atoms with Gasteiger partial charge >= 0.3 is 0 Å². The molecule has 0 saturated carbocycles. The van der Waals surface area contributed by atoms with Crippen LogP contribution in [0.5, 0.6) is 0 Å². The van der Waals surface area contributed by atoms with Crippen molar-refractivity contribution >= 4 is 17.5 Å². The smallest absolute Gasteiger partial charge is 0.239 e. The summed E-state index contributed by atoms with van der Waals surface area (Å²) in [6, 6.07) is 9.87. The second kappa shape index (κ2) is 6.59. The molecule has 1 spiro atoms. The zero-order chi connectivity index (χ0) is 18.1. The Morgan fingerprint density at radius 1 is 1.27 bits per heavy atom. The predicted octanol–water partition coefficient (Wildman–Crippen LogP) is 2.20. The van der Waals surface area contributed by atoms with E-state index in [0.717, 1.165) is 43.6 Å². The number of aromatic nitrogens is 2. The molecular formula is C20H24N4O2. The maximum atomic E-state index is 13.1. The molecule has 1 fully saturated rings. The lowest BCUT2D eigenvalue weighted by Crippen LogP contribution is -2.53. The summed E-state index contributed by atoms with van der Waals surface area (Å²) in [4.78, 5) is 29.4. The molecule has 2 aliphatic heterocycles. The Bertz CT molecular complexity index is 817. The number of hydrogen-bond acceptors (Lipinski definition) is 3. The van der Waals surface area contributed by atoms with Gasteiger partial charge in [0.15, 0.2) is 0 Å². The largest absolute Gasteiger partial charge is 0.341 e. The summed E-state index contributed by atoms with van der Waals surface area (Å²) in [5, 5.41) is 4.17. The molecule has 136 valence electrons. The summed E-state index contributed by atoms with van der Waals surface area (Å²) in [5.74, 6) is 0.254. The fraction of sp³-hybridized carbons (Fsp3) is 0.450. The van der Waals surface area contributed by atoms with Crippen LogP contribution in [-0.2, 0) is 21.5 Å². The van der Waals surface area contributed by atoms with Crippen molar-refractivity contribution in [2.45, 2.75) is 37.6 Å². The molecule has 2 amide bonds. The van der Waals surface area contributed by atoms with Gasteiger partial charge in [-0.2, -0.15) is 5.10 Å². The van der Waals surface area contributed by atoms with Crippen LogP contribution in [0.4, 0.5) is 5.69 Å². The maximum Gasteiger partial charge on any atom is 0.239 e. The average Bonchev–Trinajstić information content (AvgIpc) is 3.25. The third kappa shape index (κ3) is 2.69. The molecule has 2 aliphatic rings. The first kappa shape index (κ1) is 16.8. The molecule has 1 aromatic heterocycles. The molecule has 6 heteroatoms. The van der Waals surface area contributed by atoms with Crippen molar-refractivity contribution in [2.75, 3.05) is 25.0 Å². The summed E-state index contributed by atoms with van der Waals surface area (Å²) in [5.41, 5.74) is 1.48. The average molecular weight is 352 g/mol. The number of likely N-dealkylation sites (tertiary alicyclic amines) is 1. The monoisotopic (exact) mass is 352 g/mol. The van der Waals surface area contributed by atoms with Gasteiger partial charge in [0.25, 0.3) is 0 Å². The SMILES string of the molecule is CN1C(=O)[C@@]2(CCCN(C(=O)CCCn3cccn3)C2)c2ccccc21. The Balaban J connectivity index is 1.47. The molecule has 6 nitrogen and oxygen atoms in total. The molecule has 3 heterocycles. The third-order valence-corrected chi connectivity index (χ3v) is 5.68. The van der Waals surface area contributed by atoms with Crippen LogP contribution in [0, 0.1) is 0 Å². The zero-order valence-corrected chi connectivity index (χ0v) is 15.1. The first-order valence-corrected chi connectivity index (χ1v) is 9.25. The fourth-order valence-corrected chi connectivity index (χ4v) is 4.36. The van der Waals surface area contributed by atoms with E-state index in [1.807, 2.05) is 53.2 Å². The number of amides is 2. The molecule has 1 atom stereocenters. The number of rotatable bonds is 4. The topological polar surface area (TPSA) is 58.4 Å². The van der Waals surface area contributed by atoms with E-state index in [9.17, 15) is 9.59 Å². The number of fused-ring (bicyclic) bond motifs is 2. The van der Waals surface area contributed by atoms with E-state index in [4.69, 9.17) is 0 Å². The lowest BCUT2D eigenvalue weighted by Gasteiger charge is -2.39. The molecule has 0 N–H and O–H groups in total. The zero-order valence-electron chi connectivity index (χ0n) is 15.1. The van der Waals surface area contributed by atoms with Gasteiger partial charge in [-0.1, -0.05) is 18.2 Å². The van der Waals surface area contributed by atoms with Crippen LogP contribution in [-0.4, -0.2) is 46.6 Å². The van der Waals surface area contributed by atoms with Crippen molar-refractivity contribution in [1.29, 1.82) is 0 Å². The van der Waals surface area contributed by atoms with Crippen molar-refractivity contribution in [3.63, 3.8) is 0 Å². The van der Waals surface area contributed by atoms with E-state index in [-0.39, 0.29) is 11.8 Å². The van der Waals surface area contributed by atoms with Gasteiger partial charge in [-0.25, -0.2) is 0 Å². The van der Waals surface area contributed by atoms with Crippen molar-refractivity contribution in [1.82, 2.24) is 14.7 Å². The van der Waals surface area contributed by atoms with Crippen molar-refractivity contribution in [2.24, 2.45) is 0 Å². The first-order chi connectivity index (χ1) is 12.6. The summed E-state index contributed by atoms with van der Waals surface area (Å²) >= 11 is 0. The van der Waals surface area contributed by atoms with E-state index >= 15 is 0 Å². The minimum absolute atomic E-state index is 0.118. The van der Waals surface area contributed by atoms with Crippen molar-refractivity contribution in [3.8, 4) is 0 Å². The van der Waals surface area contributed by atoms with Crippen LogP contribution in [0.1, 0.15) is 31.2 Å². The Hall–Kier alpha value is -2.63. The van der Waals surface area contributed by atoms with Gasteiger partial charge in [-0.3, -0.25) is 14.3 Å². The molecule has 2 aromatic rings. The van der Waals surface area contributed by atoms with E-state index in [1.165, 1.54) is 0 Å². The number of anilines is 1. The van der Waals surface area contributed by atoms with Gasteiger partial charge in [0.05, 0.1) is 5.41 Å². The van der Waals surface area contributed by atoms with E-state index in [2.05, 4.69) is 5.10 Å². The predicted molar refractivity (Wildman–Crippen MR) is 98.8 cm³/mol. The highest BCUT2D eigenvalue weighted by atomic mass is 16.2. The molecule has 1 saturated heterocycles. The summed E-state index contributed by atoms with van der Waals surface area (Å²) in [6.07, 6.45) is 6.57. The number of carbonyl (C=O) groups is 2. The van der Waals surface area contributed by atoms with Gasteiger partial charge in [0.2, 0.25) is 11.8 Å². The highest BCUT2D eigenvalue weighted by Crippen LogP contribution is 2.46. The van der Waals surface area contributed by atoms with Crippen LogP contribution >= 0.6 is 0 Å². The van der Waals surface area contributed by atoms with Crippen LogP contribution in [0.15, 0.2) is 42.7 Å². The Kier molecular flexibility index (Phi) is 4.26. The number of piperidine rings is 1. The Morgan fingerprint density at radius 3 is 2.92 bits per heavy atom. The molecule has 0 unspecified atom stereocenters. The third-order valence-electron chi connectivity index (χ3n) is 5.68. The number of benzene rings is 1. The molecule has 4 rings (SSSR count). The Labute approximate surface area is 153 Å². The van der Waals surface area contributed by atoms with Gasteiger partial charge in [0.1, 0.15) is 0 Å². The summed E-state index contributed by atoms with van der Waals surface area (Å²) in [6.45, 7) is 1.97. The van der Waals surface area contributed by atoms with E-state index < -0.39 is 5.41 Å². The normalized spacial score (nSPS) is 22.1. The van der Waals surface area contributed by atoms with Crippen molar-refractivity contribution in [3.05, 3.63) is 48.3 Å². The fourth-order valence-electron chi connectivity index (χ4n) is 4.36. The van der Waals surface area contributed by atoms with Crippen LogP contribution in [0.25, 0.3) is 0 Å². The molecule has 1 aromatic carbocycles. The van der Waals surface area contributed by atoms with Gasteiger partial charge < -0.3 is 9.80 Å². The number of hydrogen-bond donors (Lipinski definition) is 0. The van der Waals surface area contributed by atoms with Crippen LogP contribution in [0.2, 0.25) is 0 Å². The number of carbonyl (C=O) groups excluding carboxylic acids is 2. The molecule has 0 aliphatic carbocycles. The standard InChI is InChI=1S/C20H24N4O2/c1-22-17-8-3-2-7-16(17)20(19(22)26)10-5-12-23(15-20)18(25)9-4-13-24-14-6-11-21-24/h2-3,6-8,11,14H,4-5,9-10,12-13,15H2,1H3/t20-/m1/s1. The van der Waals surface area contributed by atoms with Crippen molar-refractivity contribution < 1.29 is 9.59 Å². The molecule has 26 heavy (non-hydrogen) atoms. The quantitative estimate of drug-likeness (QED) is 0.848. The first-order valence-electron chi connectivity index (χ1n) is 9.25. The van der Waals surface area contributed by atoms with E-state index in [0.29, 0.717) is 13.0 Å². The van der Waals surface area contributed by atoms with Gasteiger partial charge in [-0.15, -0.1) is 0 Å². The molecular weight excluding hydrogens is 328 g/mol. The number of nitrogens with zero attached hydrogens (tertiary/aromatic N) is 4. The number of likely N-dealkylation sites (N-methyl/N-ethyl adjacent to an activating group) is 1. The van der Waals surface area contributed by atoms with Gasteiger partial charge in [-0.05, 0) is 37.0 Å². The highest BCUT2D eigenvalue weighted by molar-refractivity contribution is 6.08. The highest BCUT2D eigenvalue weighted by Gasteiger charge is 2.52. The lowest BCUT2D eigenvalue weighted by molar-refractivity contribution is -0.136.